The van der Waals surface area contributed by atoms with Gasteiger partial charge < -0.3 is 4.74 Å². The molecule has 0 bridgehead atoms. The van der Waals surface area contributed by atoms with Crippen LogP contribution in [0.1, 0.15) is 32.9 Å². The number of ether oxygens (including phenoxy) is 1. The van der Waals surface area contributed by atoms with E-state index in [1.807, 2.05) is 31.3 Å². The molecule has 6 atom stereocenters. The number of carbonyl (C=O) groups excluding carboxylic acids is 1. The minimum absolute atomic E-state index is 0.000478. The van der Waals surface area contributed by atoms with E-state index in [0.29, 0.717) is 17.8 Å². The van der Waals surface area contributed by atoms with E-state index in [1.165, 1.54) is 5.56 Å². The summed E-state index contributed by atoms with van der Waals surface area (Å²) in [6.45, 7) is 6.60. The molecule has 2 heterocycles. The molecular weight excluding hydrogens is 334 g/mol. The highest BCUT2D eigenvalue weighted by Gasteiger charge is 2.51. The zero-order chi connectivity index (χ0) is 19.0. The molecule has 2 aromatic rings. The number of nitrogens with zero attached hydrogens (tertiary/aromatic N) is 1. The van der Waals surface area contributed by atoms with E-state index >= 15 is 0 Å². The van der Waals surface area contributed by atoms with Crippen molar-refractivity contribution < 1.29 is 9.53 Å². The van der Waals surface area contributed by atoms with Crippen molar-refractivity contribution in [3.63, 3.8) is 0 Å². The van der Waals surface area contributed by atoms with Crippen LogP contribution in [-0.2, 0) is 9.53 Å². The van der Waals surface area contributed by atoms with Gasteiger partial charge in [-0.3, -0.25) is 9.78 Å². The van der Waals surface area contributed by atoms with Crippen molar-refractivity contribution in [3.05, 3.63) is 60.4 Å². The van der Waals surface area contributed by atoms with Gasteiger partial charge in [-0.2, -0.15) is 0 Å². The maximum atomic E-state index is 12.2. The number of hydrogen-bond donors (Lipinski definition) is 0. The molecule has 0 radical (unpaired) electrons. The van der Waals surface area contributed by atoms with Crippen molar-refractivity contribution in [1.29, 1.82) is 0 Å². The maximum Gasteiger partial charge on any atom is 0.309 e. The van der Waals surface area contributed by atoms with Crippen LogP contribution in [0.2, 0.25) is 0 Å². The van der Waals surface area contributed by atoms with E-state index < -0.39 is 0 Å². The average molecular weight is 361 g/mol. The fraction of sp³-hybridized carbons (Fsp3) is 0.417. The quantitative estimate of drug-likeness (QED) is 0.703. The summed E-state index contributed by atoms with van der Waals surface area (Å²) in [5.74, 6) is 1.72. The van der Waals surface area contributed by atoms with Crippen LogP contribution >= 0.6 is 0 Å². The van der Waals surface area contributed by atoms with Crippen molar-refractivity contribution >= 4 is 12.0 Å². The van der Waals surface area contributed by atoms with Gasteiger partial charge in [-0.25, -0.2) is 0 Å². The zero-order valence-corrected chi connectivity index (χ0v) is 16.2. The third-order valence-corrected chi connectivity index (χ3v) is 6.57. The summed E-state index contributed by atoms with van der Waals surface area (Å²) in [5, 5.41) is 0. The highest BCUT2D eigenvalue weighted by Crippen LogP contribution is 2.48. The summed E-state index contributed by atoms with van der Waals surface area (Å²) in [6, 6.07) is 14.5. The number of hydrogen-bond acceptors (Lipinski definition) is 3. The first kappa shape index (κ1) is 18.0. The Kier molecular flexibility index (Phi) is 4.86. The summed E-state index contributed by atoms with van der Waals surface area (Å²) in [4.78, 5) is 16.8. The molecule has 0 N–H and O–H groups in total. The molecule has 1 aromatic carbocycles. The van der Waals surface area contributed by atoms with E-state index in [0.717, 1.165) is 17.7 Å². The molecule has 4 rings (SSSR count). The van der Waals surface area contributed by atoms with Gasteiger partial charge in [0.25, 0.3) is 0 Å². The SMILES string of the molecule is C[C@H]1[C@H](C=Cc2ccc(-c3ccccc3)cn2)[C@@H]2[C@@H](C)OC(=O)[C@@H]2C[C@@H]1C. The van der Waals surface area contributed by atoms with Crippen LogP contribution < -0.4 is 0 Å². The molecule has 2 fully saturated rings. The lowest BCUT2D eigenvalue weighted by atomic mass is 9.62. The number of carbonyl (C=O) groups is 1. The Balaban J connectivity index is 1.55. The van der Waals surface area contributed by atoms with Crippen LogP contribution in [0.4, 0.5) is 0 Å². The van der Waals surface area contributed by atoms with Gasteiger partial charge in [0.2, 0.25) is 0 Å². The highest BCUT2D eigenvalue weighted by atomic mass is 16.6. The van der Waals surface area contributed by atoms with Crippen molar-refractivity contribution in [2.45, 2.75) is 33.3 Å². The number of aromatic nitrogens is 1. The topological polar surface area (TPSA) is 39.2 Å². The second-order valence-electron chi connectivity index (χ2n) is 8.17. The Bertz CT molecular complexity index is 827. The lowest BCUT2D eigenvalue weighted by molar-refractivity contribution is -0.144. The molecule has 27 heavy (non-hydrogen) atoms. The van der Waals surface area contributed by atoms with E-state index in [9.17, 15) is 4.79 Å². The first-order chi connectivity index (χ1) is 13.0. The van der Waals surface area contributed by atoms with E-state index in [4.69, 9.17) is 4.74 Å². The van der Waals surface area contributed by atoms with Gasteiger partial charge in [0.1, 0.15) is 6.10 Å². The fourth-order valence-corrected chi connectivity index (χ4v) is 4.83. The number of pyridine rings is 1. The van der Waals surface area contributed by atoms with Crippen molar-refractivity contribution in [3.8, 4) is 11.1 Å². The summed E-state index contributed by atoms with van der Waals surface area (Å²) in [5.41, 5.74) is 3.25. The van der Waals surface area contributed by atoms with Gasteiger partial charge in [-0.05, 0) is 48.8 Å². The minimum Gasteiger partial charge on any atom is -0.462 e. The smallest absolute Gasteiger partial charge is 0.309 e. The normalized spacial score (nSPS) is 33.1. The predicted octanol–water partition coefficient (Wildman–Crippen LogP) is 5.23. The van der Waals surface area contributed by atoms with Crippen LogP contribution in [0.3, 0.4) is 0 Å². The Morgan fingerprint density at radius 3 is 2.52 bits per heavy atom. The molecule has 3 nitrogen and oxygen atoms in total. The van der Waals surface area contributed by atoms with Crippen molar-refractivity contribution in [2.24, 2.45) is 29.6 Å². The fourth-order valence-electron chi connectivity index (χ4n) is 4.83. The average Bonchev–Trinajstić information content (AvgIpc) is 2.96. The third-order valence-electron chi connectivity index (χ3n) is 6.57. The lowest BCUT2D eigenvalue weighted by Crippen LogP contribution is -2.39. The van der Waals surface area contributed by atoms with Crippen LogP contribution in [0.15, 0.2) is 54.7 Å². The van der Waals surface area contributed by atoms with Gasteiger partial charge in [0, 0.05) is 17.7 Å². The Morgan fingerprint density at radius 1 is 1.04 bits per heavy atom. The molecule has 1 saturated carbocycles. The molecular formula is C24H27NO2. The molecule has 1 aliphatic carbocycles. The zero-order valence-electron chi connectivity index (χ0n) is 16.2. The van der Waals surface area contributed by atoms with Gasteiger partial charge in [0.15, 0.2) is 0 Å². The number of cyclic esters (lactones) is 1. The van der Waals surface area contributed by atoms with Gasteiger partial charge in [-0.15, -0.1) is 0 Å². The van der Waals surface area contributed by atoms with E-state index in [1.54, 1.807) is 0 Å². The summed E-state index contributed by atoms with van der Waals surface area (Å²) >= 11 is 0. The molecule has 1 aliphatic heterocycles. The standard InChI is InChI=1S/C24H27NO2/c1-15-13-22-23(17(3)27-24(22)26)21(16(15)2)12-11-20-10-9-19(14-25-20)18-7-5-4-6-8-18/h4-12,14-17,21-23H,13H2,1-3H3/t15-,16+,17+,21-,22+,23-/m0/s1. The molecule has 2 aliphatic rings. The van der Waals surface area contributed by atoms with Crippen molar-refractivity contribution in [2.75, 3.05) is 0 Å². The second-order valence-corrected chi connectivity index (χ2v) is 8.17. The molecule has 1 saturated heterocycles. The van der Waals surface area contributed by atoms with Crippen LogP contribution in [0, 0.1) is 29.6 Å². The monoisotopic (exact) mass is 361 g/mol. The predicted molar refractivity (Wildman–Crippen MR) is 108 cm³/mol. The van der Waals surface area contributed by atoms with Gasteiger partial charge in [-0.1, -0.05) is 56.3 Å². The number of allylic oxidation sites excluding steroid dienone is 1. The first-order valence-electron chi connectivity index (χ1n) is 9.95. The summed E-state index contributed by atoms with van der Waals surface area (Å²) < 4.78 is 5.56. The second kappa shape index (κ2) is 7.30. The largest absolute Gasteiger partial charge is 0.462 e. The van der Waals surface area contributed by atoms with E-state index in [2.05, 4.69) is 55.2 Å². The van der Waals surface area contributed by atoms with Gasteiger partial charge in [0.05, 0.1) is 11.6 Å². The first-order valence-corrected chi connectivity index (χ1v) is 9.95. The molecule has 0 unspecified atom stereocenters. The van der Waals surface area contributed by atoms with Gasteiger partial charge >= 0.3 is 5.97 Å². The summed E-state index contributed by atoms with van der Waals surface area (Å²) in [6.07, 6.45) is 7.25. The summed E-state index contributed by atoms with van der Waals surface area (Å²) in [7, 11) is 0. The number of esters is 1. The number of fused-ring (bicyclic) bond motifs is 1. The Labute approximate surface area is 161 Å². The molecule has 3 heteroatoms. The van der Waals surface area contributed by atoms with E-state index in [-0.39, 0.29) is 23.9 Å². The minimum atomic E-state index is -0.00464. The Morgan fingerprint density at radius 2 is 1.81 bits per heavy atom. The van der Waals surface area contributed by atoms with Crippen LogP contribution in [-0.4, -0.2) is 17.1 Å². The Hall–Kier alpha value is -2.42. The third kappa shape index (κ3) is 3.43. The lowest BCUT2D eigenvalue weighted by Gasteiger charge is -2.40. The van der Waals surface area contributed by atoms with Crippen LogP contribution in [0.5, 0.6) is 0 Å². The number of benzene rings is 1. The highest BCUT2D eigenvalue weighted by molar-refractivity contribution is 5.75. The molecule has 140 valence electrons. The molecule has 1 aromatic heterocycles. The maximum absolute atomic E-state index is 12.2. The molecule has 0 amide bonds. The number of rotatable bonds is 3. The molecule has 0 spiro atoms. The van der Waals surface area contributed by atoms with Crippen molar-refractivity contribution in [1.82, 2.24) is 4.98 Å². The van der Waals surface area contributed by atoms with Crippen LogP contribution in [0.25, 0.3) is 17.2 Å².